The van der Waals surface area contributed by atoms with E-state index in [0.717, 1.165) is 11.8 Å². The van der Waals surface area contributed by atoms with E-state index in [1.54, 1.807) is 12.2 Å². The maximum absolute atomic E-state index is 9.87. The summed E-state index contributed by atoms with van der Waals surface area (Å²) in [4.78, 5) is 0. The molecule has 108 valence electrons. The van der Waals surface area contributed by atoms with Crippen molar-refractivity contribution in [1.82, 2.24) is 0 Å². The molecule has 0 unspecified atom stereocenters. The van der Waals surface area contributed by atoms with E-state index >= 15 is 0 Å². The first-order valence-electron chi connectivity index (χ1n) is 6.66. The smallest absolute Gasteiger partial charge is 0.877 e. The van der Waals surface area contributed by atoms with Gasteiger partial charge in [-0.1, -0.05) is 59.2 Å². The van der Waals surface area contributed by atoms with Crippen LogP contribution in [-0.2, 0) is 17.1 Å². The molecule has 0 heterocycles. The molecule has 0 atom stereocenters. The molecule has 2 aromatic carbocycles. The molecule has 0 radical (unpaired) electrons. The fraction of sp³-hybridized carbons (Fsp3) is 0.105. The van der Waals surface area contributed by atoms with Gasteiger partial charge in [0.1, 0.15) is 0 Å². The fourth-order valence-corrected chi connectivity index (χ4v) is 2.18. The van der Waals surface area contributed by atoms with E-state index in [1.165, 1.54) is 22.3 Å². The van der Waals surface area contributed by atoms with Crippen LogP contribution in [-0.4, -0.2) is 0 Å². The van der Waals surface area contributed by atoms with E-state index < -0.39 is 0 Å². The molecule has 0 bridgehead atoms. The zero-order chi connectivity index (χ0) is 14.4. The van der Waals surface area contributed by atoms with Crippen molar-refractivity contribution in [2.75, 3.05) is 0 Å². The van der Waals surface area contributed by atoms with Crippen LogP contribution in [0.4, 0.5) is 0 Å². The van der Waals surface area contributed by atoms with Crippen molar-refractivity contribution in [1.29, 1.82) is 0 Å². The van der Waals surface area contributed by atoms with E-state index in [2.05, 4.69) is 56.3 Å². The van der Waals surface area contributed by atoms with Gasteiger partial charge in [0.05, 0.1) is 0 Å². The van der Waals surface area contributed by atoms with Crippen LogP contribution in [0.1, 0.15) is 11.1 Å². The summed E-state index contributed by atoms with van der Waals surface area (Å²) < 4.78 is 0. The Morgan fingerprint density at radius 2 is 1.62 bits per heavy atom. The Labute approximate surface area is 137 Å². The third-order valence-electron chi connectivity index (χ3n) is 3.04. The molecule has 0 amide bonds. The number of hydrogen-bond donors (Lipinski definition) is 0. The molecule has 0 saturated carbocycles. The van der Waals surface area contributed by atoms with Crippen molar-refractivity contribution in [3.8, 4) is 11.1 Å². The second-order valence-electron chi connectivity index (χ2n) is 4.89. The van der Waals surface area contributed by atoms with Crippen molar-refractivity contribution < 1.29 is 22.2 Å². The molecule has 1 aliphatic carbocycles. The third kappa shape index (κ3) is 5.18. The summed E-state index contributed by atoms with van der Waals surface area (Å²) in [6, 6.07) is 15.1. The minimum absolute atomic E-state index is 0. The Bertz CT molecular complexity index is 612. The van der Waals surface area contributed by atoms with Crippen LogP contribution in [0, 0.1) is 13.8 Å². The van der Waals surface area contributed by atoms with Gasteiger partial charge in [-0.05, 0) is 19.4 Å². The number of benzene rings is 1. The van der Waals surface area contributed by atoms with Gasteiger partial charge in [0.15, 0.2) is 0 Å². The van der Waals surface area contributed by atoms with Crippen molar-refractivity contribution in [2.24, 2.45) is 0 Å². The van der Waals surface area contributed by atoms with E-state index in [-0.39, 0.29) is 17.1 Å². The molecule has 2 heteroatoms. The normalized spacial score (nSPS) is 11.6. The van der Waals surface area contributed by atoms with Crippen LogP contribution in [0.25, 0.3) is 11.1 Å². The average molecular weight is 318 g/mol. The molecular weight excluding hydrogens is 300 g/mol. The van der Waals surface area contributed by atoms with Crippen molar-refractivity contribution in [2.45, 2.75) is 13.8 Å². The van der Waals surface area contributed by atoms with Crippen molar-refractivity contribution in [3.05, 3.63) is 89.7 Å². The van der Waals surface area contributed by atoms with Gasteiger partial charge in [0, 0.05) is 0 Å². The Morgan fingerprint density at radius 1 is 1.00 bits per heavy atom. The predicted molar refractivity (Wildman–Crippen MR) is 83.3 cm³/mol. The molecule has 0 spiro atoms. The minimum atomic E-state index is 0. The monoisotopic (exact) mass is 318 g/mol. The van der Waals surface area contributed by atoms with E-state index in [9.17, 15) is 5.11 Å². The Morgan fingerprint density at radius 3 is 2.05 bits per heavy atom. The average Bonchev–Trinajstić information content (AvgIpc) is 3.12. The zero-order valence-electron chi connectivity index (χ0n) is 12.2. The maximum Gasteiger partial charge on any atom is 2.00 e. The summed E-state index contributed by atoms with van der Waals surface area (Å²) in [7, 11) is 0. The number of hydrogen-bond acceptors (Lipinski definition) is 1. The van der Waals surface area contributed by atoms with Crippen LogP contribution < -0.4 is 5.11 Å². The second-order valence-corrected chi connectivity index (χ2v) is 4.89. The SMILES string of the molecule is Cc1cc(C)cc(-c2ccc[cH-]2)c1.[Fe+2].[O-]C=C1C=CC=C1. The first kappa shape index (κ1) is 17.2. The Hall–Kier alpha value is -1.89. The van der Waals surface area contributed by atoms with Gasteiger partial charge in [-0.25, -0.2) is 0 Å². The summed E-state index contributed by atoms with van der Waals surface area (Å²) in [5, 5.41) is 9.87. The van der Waals surface area contributed by atoms with E-state index in [4.69, 9.17) is 0 Å². The topological polar surface area (TPSA) is 23.1 Å². The minimum Gasteiger partial charge on any atom is -0.877 e. The first-order valence-corrected chi connectivity index (χ1v) is 6.66. The molecule has 3 rings (SSSR count). The van der Waals surface area contributed by atoms with Gasteiger partial charge in [0.25, 0.3) is 0 Å². The first-order chi connectivity index (χ1) is 9.69. The molecule has 2 aromatic rings. The van der Waals surface area contributed by atoms with Gasteiger partial charge in [-0.15, -0.1) is 12.3 Å². The molecule has 21 heavy (non-hydrogen) atoms. The fourth-order valence-electron chi connectivity index (χ4n) is 2.18. The van der Waals surface area contributed by atoms with Crippen molar-refractivity contribution >= 4 is 0 Å². The number of rotatable bonds is 1. The van der Waals surface area contributed by atoms with Gasteiger partial charge < -0.3 is 5.11 Å². The van der Waals surface area contributed by atoms with Crippen LogP contribution in [0.5, 0.6) is 0 Å². The molecular formula is C19H18FeO. The summed E-state index contributed by atoms with van der Waals surface area (Å²) in [6.45, 7) is 4.28. The number of allylic oxidation sites excluding steroid dienone is 5. The van der Waals surface area contributed by atoms with Gasteiger partial charge in [0.2, 0.25) is 0 Å². The van der Waals surface area contributed by atoms with Crippen molar-refractivity contribution in [3.63, 3.8) is 0 Å². The third-order valence-corrected chi connectivity index (χ3v) is 3.04. The van der Waals surface area contributed by atoms with Gasteiger partial charge in [-0.2, -0.15) is 23.8 Å². The van der Waals surface area contributed by atoms with Gasteiger partial charge in [-0.3, -0.25) is 0 Å². The summed E-state index contributed by atoms with van der Waals surface area (Å²) in [6.07, 6.45) is 8.05. The van der Waals surface area contributed by atoms with Gasteiger partial charge >= 0.3 is 17.1 Å². The Balaban J connectivity index is 0.000000236. The summed E-state index contributed by atoms with van der Waals surface area (Å²) in [5.41, 5.74) is 6.04. The van der Waals surface area contributed by atoms with E-state index in [0.29, 0.717) is 0 Å². The summed E-state index contributed by atoms with van der Waals surface area (Å²) in [5.74, 6) is 0. The van der Waals surface area contributed by atoms with Crippen LogP contribution in [0.3, 0.4) is 0 Å². The second kappa shape index (κ2) is 8.41. The zero-order valence-corrected chi connectivity index (χ0v) is 13.3. The molecule has 0 aromatic heterocycles. The predicted octanol–water partition coefficient (Wildman–Crippen LogP) is 4.04. The van der Waals surface area contributed by atoms with Crippen LogP contribution in [0.2, 0.25) is 0 Å². The molecule has 0 N–H and O–H groups in total. The molecule has 0 saturated heterocycles. The summed E-state index contributed by atoms with van der Waals surface area (Å²) >= 11 is 0. The standard InChI is InChI=1S/C13H13.C6H6O.Fe/c1-10-7-11(2)9-13(8-10)12-5-3-4-6-12;7-5-6-3-1-2-4-6;/h3-9H,1-2H3;1-5,7H;/q-1;;+2/p-1. The van der Waals surface area contributed by atoms with E-state index in [1.807, 2.05) is 12.2 Å². The molecule has 0 aliphatic heterocycles. The number of aryl methyl sites for hydroxylation is 2. The molecule has 0 fully saturated rings. The Kier molecular flexibility index (Phi) is 6.87. The maximum atomic E-state index is 9.87. The van der Waals surface area contributed by atoms with Crippen LogP contribution >= 0.6 is 0 Å². The molecule has 1 aliphatic rings. The molecule has 1 nitrogen and oxygen atoms in total. The largest absolute Gasteiger partial charge is 2.00 e. The van der Waals surface area contributed by atoms with Crippen LogP contribution in [0.15, 0.2) is 78.6 Å². The quantitative estimate of drug-likeness (QED) is 0.442.